The summed E-state index contributed by atoms with van der Waals surface area (Å²) < 4.78 is 5.42. The maximum Gasteiger partial charge on any atom is 0.0667 e. The maximum atomic E-state index is 9.73. The molecule has 2 unspecified atom stereocenters. The molecule has 1 rings (SSSR count). The molecular formula is C11H23NO2. The number of aliphatic hydroxyl groups excluding tert-OH is 1. The summed E-state index contributed by atoms with van der Waals surface area (Å²) in [5.41, 5.74) is 0. The molecular weight excluding hydrogens is 178 g/mol. The second-order valence-electron chi connectivity index (χ2n) is 4.07. The Morgan fingerprint density at radius 2 is 2.29 bits per heavy atom. The minimum absolute atomic E-state index is 0.160. The Kier molecular flexibility index (Phi) is 5.45. The number of hydrogen-bond acceptors (Lipinski definition) is 3. The van der Waals surface area contributed by atoms with Crippen molar-refractivity contribution >= 4 is 0 Å². The fourth-order valence-corrected chi connectivity index (χ4v) is 2.00. The van der Waals surface area contributed by atoms with E-state index in [0.29, 0.717) is 6.04 Å². The van der Waals surface area contributed by atoms with E-state index in [4.69, 9.17) is 4.74 Å². The van der Waals surface area contributed by atoms with Crippen LogP contribution in [0, 0.1) is 0 Å². The minimum atomic E-state index is -0.160. The van der Waals surface area contributed by atoms with E-state index in [2.05, 4.69) is 18.7 Å². The van der Waals surface area contributed by atoms with Crippen molar-refractivity contribution in [3.8, 4) is 0 Å². The second-order valence-corrected chi connectivity index (χ2v) is 4.07. The van der Waals surface area contributed by atoms with Gasteiger partial charge in [-0.15, -0.1) is 0 Å². The molecule has 14 heavy (non-hydrogen) atoms. The molecule has 1 N–H and O–H groups in total. The first-order valence-electron chi connectivity index (χ1n) is 5.77. The van der Waals surface area contributed by atoms with E-state index < -0.39 is 0 Å². The molecule has 0 spiro atoms. The quantitative estimate of drug-likeness (QED) is 0.727. The average molecular weight is 201 g/mol. The van der Waals surface area contributed by atoms with Crippen LogP contribution >= 0.6 is 0 Å². The average Bonchev–Trinajstić information content (AvgIpc) is 2.19. The van der Waals surface area contributed by atoms with Gasteiger partial charge in [0.25, 0.3) is 0 Å². The number of morpholine rings is 1. The summed E-state index contributed by atoms with van der Waals surface area (Å²) in [5, 5.41) is 9.73. The molecule has 0 aromatic carbocycles. The third-order valence-electron chi connectivity index (χ3n) is 2.89. The van der Waals surface area contributed by atoms with Gasteiger partial charge in [0.15, 0.2) is 0 Å². The highest BCUT2D eigenvalue weighted by Gasteiger charge is 2.22. The van der Waals surface area contributed by atoms with Gasteiger partial charge >= 0.3 is 0 Å². The largest absolute Gasteiger partial charge is 0.392 e. The molecule has 0 amide bonds. The zero-order valence-electron chi connectivity index (χ0n) is 9.41. The van der Waals surface area contributed by atoms with E-state index in [1.807, 2.05) is 0 Å². The molecule has 3 heteroatoms. The zero-order chi connectivity index (χ0) is 10.4. The zero-order valence-corrected chi connectivity index (χ0v) is 9.41. The highest BCUT2D eigenvalue weighted by atomic mass is 16.5. The summed E-state index contributed by atoms with van der Waals surface area (Å²) in [6, 6.07) is 0.509. The SMILES string of the molecule is CCCC(O)CN1CCOCC1CC. The van der Waals surface area contributed by atoms with Crippen LogP contribution in [0.4, 0.5) is 0 Å². The van der Waals surface area contributed by atoms with Crippen molar-refractivity contribution < 1.29 is 9.84 Å². The lowest BCUT2D eigenvalue weighted by molar-refractivity contribution is -0.0283. The summed E-state index contributed by atoms with van der Waals surface area (Å²) in [4.78, 5) is 2.36. The predicted molar refractivity (Wildman–Crippen MR) is 57.4 cm³/mol. The van der Waals surface area contributed by atoms with Gasteiger partial charge in [0.05, 0.1) is 19.3 Å². The predicted octanol–water partition coefficient (Wildman–Crippen LogP) is 1.26. The molecule has 0 aromatic heterocycles. The van der Waals surface area contributed by atoms with Crippen LogP contribution in [0.5, 0.6) is 0 Å². The number of hydrogen-bond donors (Lipinski definition) is 1. The van der Waals surface area contributed by atoms with Crippen LogP contribution in [-0.2, 0) is 4.74 Å². The number of rotatable bonds is 5. The Morgan fingerprint density at radius 3 is 2.93 bits per heavy atom. The number of ether oxygens (including phenoxy) is 1. The van der Waals surface area contributed by atoms with Crippen molar-refractivity contribution in [1.82, 2.24) is 4.90 Å². The molecule has 2 atom stereocenters. The Hall–Kier alpha value is -0.120. The first-order chi connectivity index (χ1) is 6.77. The molecule has 1 heterocycles. The van der Waals surface area contributed by atoms with Crippen molar-refractivity contribution in [1.29, 1.82) is 0 Å². The lowest BCUT2D eigenvalue weighted by Crippen LogP contribution is -2.48. The molecule has 0 aliphatic carbocycles. The summed E-state index contributed by atoms with van der Waals surface area (Å²) in [5.74, 6) is 0. The van der Waals surface area contributed by atoms with Crippen molar-refractivity contribution in [2.24, 2.45) is 0 Å². The summed E-state index contributed by atoms with van der Waals surface area (Å²) in [7, 11) is 0. The van der Waals surface area contributed by atoms with E-state index in [9.17, 15) is 5.11 Å². The molecule has 3 nitrogen and oxygen atoms in total. The van der Waals surface area contributed by atoms with Gasteiger partial charge in [-0.3, -0.25) is 4.90 Å². The van der Waals surface area contributed by atoms with E-state index in [1.165, 1.54) is 0 Å². The number of aliphatic hydroxyl groups is 1. The van der Waals surface area contributed by atoms with Gasteiger partial charge < -0.3 is 9.84 Å². The van der Waals surface area contributed by atoms with Crippen LogP contribution in [0.15, 0.2) is 0 Å². The molecule has 1 fully saturated rings. The van der Waals surface area contributed by atoms with E-state index in [1.54, 1.807) is 0 Å². The monoisotopic (exact) mass is 201 g/mol. The Balaban J connectivity index is 2.32. The molecule has 1 saturated heterocycles. The molecule has 0 aromatic rings. The molecule has 0 saturated carbocycles. The van der Waals surface area contributed by atoms with Gasteiger partial charge in [0.2, 0.25) is 0 Å². The fourth-order valence-electron chi connectivity index (χ4n) is 2.00. The van der Waals surface area contributed by atoms with Crippen LogP contribution in [0.1, 0.15) is 33.1 Å². The van der Waals surface area contributed by atoms with Crippen LogP contribution in [0.2, 0.25) is 0 Å². The summed E-state index contributed by atoms with van der Waals surface area (Å²) >= 11 is 0. The van der Waals surface area contributed by atoms with Crippen LogP contribution in [-0.4, -0.2) is 48.5 Å². The van der Waals surface area contributed by atoms with Crippen LogP contribution in [0.25, 0.3) is 0 Å². The molecule has 0 bridgehead atoms. The van der Waals surface area contributed by atoms with Gasteiger partial charge in [-0.05, 0) is 12.8 Å². The first kappa shape index (κ1) is 12.0. The Bertz CT molecular complexity index is 152. The lowest BCUT2D eigenvalue weighted by Gasteiger charge is -2.36. The van der Waals surface area contributed by atoms with Crippen LogP contribution in [0.3, 0.4) is 0 Å². The van der Waals surface area contributed by atoms with Crippen LogP contribution < -0.4 is 0 Å². The summed E-state index contributed by atoms with van der Waals surface area (Å²) in [6.45, 7) is 7.72. The highest BCUT2D eigenvalue weighted by Crippen LogP contribution is 2.11. The van der Waals surface area contributed by atoms with E-state index in [-0.39, 0.29) is 6.10 Å². The molecule has 84 valence electrons. The number of β-amino-alcohol motifs (C(OH)–C–C–N with tert-alkyl or cyclic N) is 1. The third-order valence-corrected chi connectivity index (χ3v) is 2.89. The number of nitrogens with zero attached hydrogens (tertiary/aromatic N) is 1. The van der Waals surface area contributed by atoms with Gasteiger partial charge in [0.1, 0.15) is 0 Å². The Morgan fingerprint density at radius 1 is 1.50 bits per heavy atom. The lowest BCUT2D eigenvalue weighted by atomic mass is 10.1. The summed E-state index contributed by atoms with van der Waals surface area (Å²) in [6.07, 6.45) is 2.92. The maximum absolute atomic E-state index is 9.73. The third kappa shape index (κ3) is 3.56. The normalized spacial score (nSPS) is 26.4. The van der Waals surface area contributed by atoms with Crippen molar-refractivity contribution in [2.75, 3.05) is 26.3 Å². The van der Waals surface area contributed by atoms with Crippen molar-refractivity contribution in [3.63, 3.8) is 0 Å². The highest BCUT2D eigenvalue weighted by molar-refractivity contribution is 4.76. The van der Waals surface area contributed by atoms with Crippen molar-refractivity contribution in [2.45, 2.75) is 45.3 Å². The van der Waals surface area contributed by atoms with Crippen molar-refractivity contribution in [3.05, 3.63) is 0 Å². The first-order valence-corrected chi connectivity index (χ1v) is 5.77. The molecule has 0 radical (unpaired) electrons. The minimum Gasteiger partial charge on any atom is -0.392 e. The smallest absolute Gasteiger partial charge is 0.0667 e. The molecule has 1 aliphatic heterocycles. The van der Waals surface area contributed by atoms with Gasteiger partial charge in [0, 0.05) is 19.1 Å². The van der Waals surface area contributed by atoms with Gasteiger partial charge in [-0.25, -0.2) is 0 Å². The van der Waals surface area contributed by atoms with Gasteiger partial charge in [-0.2, -0.15) is 0 Å². The Labute approximate surface area is 87.1 Å². The van der Waals surface area contributed by atoms with Gasteiger partial charge in [-0.1, -0.05) is 20.3 Å². The second kappa shape index (κ2) is 6.38. The standard InChI is InChI=1S/C11H23NO2/c1-3-5-11(13)8-12-6-7-14-9-10(12)4-2/h10-11,13H,3-9H2,1-2H3. The topological polar surface area (TPSA) is 32.7 Å². The van der Waals surface area contributed by atoms with E-state index in [0.717, 1.165) is 45.6 Å². The fraction of sp³-hybridized carbons (Fsp3) is 1.00. The molecule has 1 aliphatic rings. The van der Waals surface area contributed by atoms with E-state index >= 15 is 0 Å².